The van der Waals surface area contributed by atoms with Gasteiger partial charge in [0.1, 0.15) is 17.1 Å². The number of ketones is 1. The average Bonchev–Trinajstić information content (AvgIpc) is 2.54. The lowest BCUT2D eigenvalue weighted by molar-refractivity contribution is -0.139. The fraction of sp³-hybridized carbons (Fsp3) is 0.333. The van der Waals surface area contributed by atoms with Gasteiger partial charge in [-0.2, -0.15) is 0 Å². The van der Waals surface area contributed by atoms with E-state index >= 15 is 0 Å². The lowest BCUT2D eigenvalue weighted by Gasteiger charge is -2.32. The molecule has 2 aliphatic rings. The zero-order valence-electron chi connectivity index (χ0n) is 13.6. The summed E-state index contributed by atoms with van der Waals surface area (Å²) in [5.41, 5.74) is 6.10. The summed E-state index contributed by atoms with van der Waals surface area (Å²) < 4.78 is 25.2. The van der Waals surface area contributed by atoms with E-state index in [-0.39, 0.29) is 40.0 Å². The molecule has 0 fully saturated rings. The average molecular weight is 366 g/mol. The third-order valence-corrected chi connectivity index (χ3v) is 4.60. The van der Waals surface area contributed by atoms with Crippen LogP contribution in [0, 0.1) is 5.82 Å². The molecule has 3 rings (SSSR count). The SMILES string of the molecule is CCOC(=O)C1=C(N)OC2=C(C(=O)CCC2)[C@@H]1c1c(F)cccc1Cl. The molecule has 1 aliphatic carbocycles. The van der Waals surface area contributed by atoms with E-state index in [4.69, 9.17) is 26.8 Å². The second-order valence-corrected chi connectivity index (χ2v) is 6.19. The van der Waals surface area contributed by atoms with Crippen molar-refractivity contribution in [3.8, 4) is 0 Å². The summed E-state index contributed by atoms with van der Waals surface area (Å²) >= 11 is 6.21. The maximum absolute atomic E-state index is 14.6. The van der Waals surface area contributed by atoms with Gasteiger partial charge in [0, 0.05) is 29.0 Å². The smallest absolute Gasteiger partial charge is 0.340 e. The Hall–Kier alpha value is -2.34. The molecule has 1 aliphatic heterocycles. The molecule has 0 saturated carbocycles. The fourth-order valence-corrected chi connectivity index (χ4v) is 3.51. The second kappa shape index (κ2) is 6.88. The maximum atomic E-state index is 14.6. The molecular formula is C18H17ClFNO4. The highest BCUT2D eigenvalue weighted by Gasteiger charge is 2.43. The molecule has 2 N–H and O–H groups in total. The molecule has 0 bridgehead atoms. The van der Waals surface area contributed by atoms with Crippen LogP contribution in [-0.4, -0.2) is 18.4 Å². The van der Waals surface area contributed by atoms with E-state index in [1.165, 1.54) is 18.2 Å². The number of ether oxygens (including phenoxy) is 2. The molecule has 0 saturated heterocycles. The number of Topliss-reactive ketones (excluding diaryl/α,β-unsaturated/α-hetero) is 1. The molecule has 0 spiro atoms. The summed E-state index contributed by atoms with van der Waals surface area (Å²) in [5, 5.41) is 0.103. The number of carbonyl (C=O) groups is 2. The zero-order chi connectivity index (χ0) is 18.1. The van der Waals surface area contributed by atoms with Crippen LogP contribution in [0.4, 0.5) is 4.39 Å². The molecule has 0 aromatic heterocycles. The maximum Gasteiger partial charge on any atom is 0.340 e. The predicted molar refractivity (Wildman–Crippen MR) is 89.0 cm³/mol. The summed E-state index contributed by atoms with van der Waals surface area (Å²) in [6, 6.07) is 4.18. The van der Waals surface area contributed by atoms with Crippen LogP contribution < -0.4 is 5.73 Å². The molecular weight excluding hydrogens is 349 g/mol. The number of hydrogen-bond donors (Lipinski definition) is 1. The molecule has 132 valence electrons. The van der Waals surface area contributed by atoms with Gasteiger partial charge in [-0.05, 0) is 25.5 Å². The standard InChI is InChI=1S/C18H17ClFNO4/c1-2-24-18(23)16-15(13-9(19)5-3-6-10(13)20)14-11(22)7-4-8-12(14)25-17(16)21/h3,5-6,15H,2,4,7-8,21H2,1H3/t15-/m0/s1. The van der Waals surface area contributed by atoms with Gasteiger partial charge in [-0.1, -0.05) is 17.7 Å². The van der Waals surface area contributed by atoms with Crippen LogP contribution in [0.1, 0.15) is 37.7 Å². The van der Waals surface area contributed by atoms with Gasteiger partial charge in [-0.25, -0.2) is 9.18 Å². The first-order valence-electron chi connectivity index (χ1n) is 8.00. The summed E-state index contributed by atoms with van der Waals surface area (Å²) in [6.45, 7) is 1.74. The van der Waals surface area contributed by atoms with Crippen molar-refractivity contribution in [1.82, 2.24) is 0 Å². The van der Waals surface area contributed by atoms with Crippen LogP contribution in [0.15, 0.2) is 41.0 Å². The van der Waals surface area contributed by atoms with Crippen LogP contribution in [0.5, 0.6) is 0 Å². The summed E-state index contributed by atoms with van der Waals surface area (Å²) in [7, 11) is 0. The first-order valence-corrected chi connectivity index (χ1v) is 8.38. The number of allylic oxidation sites excluding steroid dienone is 2. The van der Waals surface area contributed by atoms with E-state index < -0.39 is 17.7 Å². The molecule has 1 aromatic rings. The van der Waals surface area contributed by atoms with Crippen molar-refractivity contribution in [1.29, 1.82) is 0 Å². The molecule has 5 nitrogen and oxygen atoms in total. The van der Waals surface area contributed by atoms with Gasteiger partial charge in [0.2, 0.25) is 5.88 Å². The first-order chi connectivity index (χ1) is 12.0. The van der Waals surface area contributed by atoms with Gasteiger partial charge in [0.05, 0.1) is 12.5 Å². The Labute approximate surface area is 149 Å². The molecule has 1 heterocycles. The molecule has 0 radical (unpaired) electrons. The van der Waals surface area contributed by atoms with Crippen molar-refractivity contribution in [2.45, 2.75) is 32.1 Å². The van der Waals surface area contributed by atoms with E-state index in [0.717, 1.165) is 0 Å². The number of rotatable bonds is 3. The van der Waals surface area contributed by atoms with Gasteiger partial charge in [0.25, 0.3) is 0 Å². The number of benzene rings is 1. The molecule has 0 unspecified atom stereocenters. The Morgan fingerprint density at radius 1 is 1.44 bits per heavy atom. The lowest BCUT2D eigenvalue weighted by atomic mass is 9.77. The quantitative estimate of drug-likeness (QED) is 0.831. The highest BCUT2D eigenvalue weighted by molar-refractivity contribution is 6.31. The Balaban J connectivity index is 2.25. The zero-order valence-corrected chi connectivity index (χ0v) is 14.4. The van der Waals surface area contributed by atoms with Crippen molar-refractivity contribution in [3.05, 3.63) is 57.4 Å². The minimum atomic E-state index is -1.04. The monoisotopic (exact) mass is 365 g/mol. The van der Waals surface area contributed by atoms with Crippen molar-refractivity contribution in [3.63, 3.8) is 0 Å². The third kappa shape index (κ3) is 3.02. The molecule has 25 heavy (non-hydrogen) atoms. The van der Waals surface area contributed by atoms with E-state index in [2.05, 4.69) is 0 Å². The van der Waals surface area contributed by atoms with E-state index in [0.29, 0.717) is 25.0 Å². The number of halogens is 2. The number of nitrogens with two attached hydrogens (primary N) is 1. The topological polar surface area (TPSA) is 78.6 Å². The summed E-state index contributed by atoms with van der Waals surface area (Å²) in [5.74, 6) is -2.44. The minimum Gasteiger partial charge on any atom is -0.462 e. The Bertz CT molecular complexity index is 795. The molecule has 0 amide bonds. The van der Waals surface area contributed by atoms with Crippen LogP contribution in [-0.2, 0) is 19.1 Å². The van der Waals surface area contributed by atoms with E-state index in [9.17, 15) is 14.0 Å². The second-order valence-electron chi connectivity index (χ2n) is 5.78. The van der Waals surface area contributed by atoms with Gasteiger partial charge in [0.15, 0.2) is 5.78 Å². The molecule has 1 atom stereocenters. The van der Waals surface area contributed by atoms with E-state index in [1.54, 1.807) is 6.92 Å². The number of carbonyl (C=O) groups excluding carboxylic acids is 2. The highest BCUT2D eigenvalue weighted by atomic mass is 35.5. The van der Waals surface area contributed by atoms with Crippen LogP contribution in [0.25, 0.3) is 0 Å². The Kier molecular flexibility index (Phi) is 4.81. The third-order valence-electron chi connectivity index (χ3n) is 4.27. The minimum absolute atomic E-state index is 0.0289. The van der Waals surface area contributed by atoms with Gasteiger partial charge in [-0.15, -0.1) is 0 Å². The molecule has 7 heteroatoms. The largest absolute Gasteiger partial charge is 0.462 e. The number of hydrogen-bond acceptors (Lipinski definition) is 5. The van der Waals surface area contributed by atoms with Crippen LogP contribution in [0.3, 0.4) is 0 Å². The first kappa shape index (κ1) is 17.5. The summed E-state index contributed by atoms with van der Waals surface area (Å²) in [4.78, 5) is 25.0. The predicted octanol–water partition coefficient (Wildman–Crippen LogP) is 3.33. The van der Waals surface area contributed by atoms with Crippen molar-refractivity contribution in [2.24, 2.45) is 5.73 Å². The highest BCUT2D eigenvalue weighted by Crippen LogP contribution is 2.46. The van der Waals surface area contributed by atoms with E-state index in [1.807, 2.05) is 0 Å². The van der Waals surface area contributed by atoms with Crippen LogP contribution >= 0.6 is 11.6 Å². The molecule has 1 aromatic carbocycles. The van der Waals surface area contributed by atoms with Crippen molar-refractivity contribution >= 4 is 23.4 Å². The fourth-order valence-electron chi connectivity index (χ4n) is 3.24. The Morgan fingerprint density at radius 3 is 2.88 bits per heavy atom. The van der Waals surface area contributed by atoms with Crippen LogP contribution in [0.2, 0.25) is 5.02 Å². The normalized spacial score (nSPS) is 20.3. The van der Waals surface area contributed by atoms with Crippen molar-refractivity contribution < 1.29 is 23.5 Å². The lowest BCUT2D eigenvalue weighted by Crippen LogP contribution is -2.32. The van der Waals surface area contributed by atoms with Gasteiger partial charge < -0.3 is 15.2 Å². The number of esters is 1. The Morgan fingerprint density at radius 2 is 2.20 bits per heavy atom. The summed E-state index contributed by atoms with van der Waals surface area (Å²) in [6.07, 6.45) is 1.39. The van der Waals surface area contributed by atoms with Crippen molar-refractivity contribution in [2.75, 3.05) is 6.61 Å². The van der Waals surface area contributed by atoms with Gasteiger partial charge >= 0.3 is 5.97 Å². The van der Waals surface area contributed by atoms with Gasteiger partial charge in [-0.3, -0.25) is 4.79 Å².